The van der Waals surface area contributed by atoms with Crippen LogP contribution in [0.25, 0.3) is 0 Å². The predicted molar refractivity (Wildman–Crippen MR) is 84.0 cm³/mol. The summed E-state index contributed by atoms with van der Waals surface area (Å²) < 4.78 is 10.4. The topological polar surface area (TPSA) is 64.6 Å². The monoisotopic (exact) mass is 306 g/mol. The number of alkyl carbamates (subject to hydrolysis) is 1. The van der Waals surface area contributed by atoms with Crippen molar-refractivity contribution in [2.24, 2.45) is 0 Å². The summed E-state index contributed by atoms with van der Waals surface area (Å²) >= 11 is 0. The van der Waals surface area contributed by atoms with Crippen molar-refractivity contribution >= 4 is 12.1 Å². The van der Waals surface area contributed by atoms with Crippen molar-refractivity contribution in [1.82, 2.24) is 5.32 Å². The van der Waals surface area contributed by atoms with Crippen LogP contribution in [0.2, 0.25) is 0 Å². The third kappa shape index (κ3) is 7.11. The van der Waals surface area contributed by atoms with Crippen LogP contribution in [-0.2, 0) is 20.9 Å². The molecule has 0 aliphatic carbocycles. The molecule has 0 saturated heterocycles. The summed E-state index contributed by atoms with van der Waals surface area (Å²) in [5, 5.41) is 2.53. The molecule has 5 heteroatoms. The second-order valence-electron chi connectivity index (χ2n) is 5.93. The minimum absolute atomic E-state index is 0.170. The second kappa shape index (κ2) is 8.41. The standard InChI is InChI=1S/C17H24NO4/c1-5-9-14(18-16(20)22-17(2,3)4)15(19)21-12-13-10-7-6-8-11-13/h6-8,10-11,14H,1,5,9,12H2,2-4H3,(H,18,20)/q-1/t14-/m0/s1. The lowest BCUT2D eigenvalue weighted by Gasteiger charge is -2.23. The van der Waals surface area contributed by atoms with Gasteiger partial charge in [-0.05, 0) is 32.8 Å². The Morgan fingerprint density at radius 3 is 2.41 bits per heavy atom. The highest BCUT2D eigenvalue weighted by Crippen LogP contribution is 2.09. The number of esters is 1. The number of amides is 1. The zero-order valence-corrected chi connectivity index (χ0v) is 13.4. The van der Waals surface area contributed by atoms with E-state index >= 15 is 0 Å². The quantitative estimate of drug-likeness (QED) is 0.647. The van der Waals surface area contributed by atoms with Crippen LogP contribution in [0.5, 0.6) is 0 Å². The van der Waals surface area contributed by atoms with E-state index in [0.29, 0.717) is 12.8 Å². The van der Waals surface area contributed by atoms with Gasteiger partial charge in [0.1, 0.15) is 18.2 Å². The van der Waals surface area contributed by atoms with Crippen molar-refractivity contribution in [1.29, 1.82) is 0 Å². The molecule has 0 heterocycles. The van der Waals surface area contributed by atoms with Gasteiger partial charge >= 0.3 is 12.1 Å². The molecule has 0 aliphatic rings. The molecule has 5 nitrogen and oxygen atoms in total. The van der Waals surface area contributed by atoms with Crippen LogP contribution in [0.4, 0.5) is 4.79 Å². The van der Waals surface area contributed by atoms with Gasteiger partial charge in [-0.15, -0.1) is 0 Å². The largest absolute Gasteiger partial charge is 0.459 e. The van der Waals surface area contributed by atoms with Crippen LogP contribution in [0, 0.1) is 6.92 Å². The first-order chi connectivity index (χ1) is 10.3. The van der Waals surface area contributed by atoms with Crippen molar-refractivity contribution in [3.63, 3.8) is 0 Å². The van der Waals surface area contributed by atoms with Gasteiger partial charge in [-0.1, -0.05) is 30.3 Å². The first-order valence-electron chi connectivity index (χ1n) is 7.31. The molecule has 1 rings (SSSR count). The SMILES string of the molecule is [CH2-]CC[C@H](NC(=O)OC(C)(C)C)C(=O)OCc1ccccc1. The van der Waals surface area contributed by atoms with Gasteiger partial charge in [0.05, 0.1) is 0 Å². The van der Waals surface area contributed by atoms with Gasteiger partial charge in [0.25, 0.3) is 0 Å². The maximum Gasteiger partial charge on any atom is 0.408 e. The summed E-state index contributed by atoms with van der Waals surface area (Å²) in [6.07, 6.45) is 0.260. The Morgan fingerprint density at radius 1 is 1.23 bits per heavy atom. The van der Waals surface area contributed by atoms with Crippen LogP contribution >= 0.6 is 0 Å². The van der Waals surface area contributed by atoms with Gasteiger partial charge in [0.2, 0.25) is 0 Å². The predicted octanol–water partition coefficient (Wildman–Crippen LogP) is 3.24. The first kappa shape index (κ1) is 18.0. The van der Waals surface area contributed by atoms with E-state index in [9.17, 15) is 9.59 Å². The van der Waals surface area contributed by atoms with Crippen molar-refractivity contribution in [3.8, 4) is 0 Å². The number of hydrogen-bond donors (Lipinski definition) is 1. The summed E-state index contributed by atoms with van der Waals surface area (Å²) in [6.45, 7) is 9.16. The van der Waals surface area contributed by atoms with Crippen molar-refractivity contribution in [2.75, 3.05) is 0 Å². The number of ether oxygens (including phenoxy) is 2. The van der Waals surface area contributed by atoms with E-state index in [4.69, 9.17) is 9.47 Å². The molecule has 0 saturated carbocycles. The molecule has 0 unspecified atom stereocenters. The fourth-order valence-corrected chi connectivity index (χ4v) is 1.73. The minimum Gasteiger partial charge on any atom is -0.459 e. The van der Waals surface area contributed by atoms with E-state index in [-0.39, 0.29) is 6.61 Å². The highest BCUT2D eigenvalue weighted by molar-refractivity contribution is 5.81. The number of rotatable bonds is 6. The molecular weight excluding hydrogens is 282 g/mol. The fourth-order valence-electron chi connectivity index (χ4n) is 1.73. The summed E-state index contributed by atoms with van der Waals surface area (Å²) in [7, 11) is 0. The first-order valence-corrected chi connectivity index (χ1v) is 7.31. The van der Waals surface area contributed by atoms with Crippen LogP contribution in [-0.4, -0.2) is 23.7 Å². The van der Waals surface area contributed by atoms with Crippen LogP contribution in [0.3, 0.4) is 0 Å². The highest BCUT2D eigenvalue weighted by Gasteiger charge is 2.24. The van der Waals surface area contributed by atoms with Crippen LogP contribution in [0.1, 0.15) is 39.2 Å². The van der Waals surface area contributed by atoms with Crippen LogP contribution in [0.15, 0.2) is 30.3 Å². The summed E-state index contributed by atoms with van der Waals surface area (Å²) in [5.74, 6) is -0.488. The Bertz CT molecular complexity index is 479. The van der Waals surface area contributed by atoms with Gasteiger partial charge in [0.15, 0.2) is 0 Å². The molecule has 1 aromatic carbocycles. The zero-order chi connectivity index (χ0) is 16.6. The summed E-state index contributed by atoms with van der Waals surface area (Å²) in [5.41, 5.74) is 0.272. The Morgan fingerprint density at radius 2 is 1.86 bits per heavy atom. The molecule has 1 aromatic rings. The smallest absolute Gasteiger partial charge is 0.408 e. The third-order valence-electron chi connectivity index (χ3n) is 2.69. The second-order valence-corrected chi connectivity index (χ2v) is 5.93. The number of carbonyl (C=O) groups excluding carboxylic acids is 2. The molecule has 22 heavy (non-hydrogen) atoms. The molecule has 0 fully saturated rings. The van der Waals surface area contributed by atoms with E-state index in [1.807, 2.05) is 30.3 Å². The maximum absolute atomic E-state index is 12.1. The molecule has 1 atom stereocenters. The Labute approximate surface area is 132 Å². The Hall–Kier alpha value is -2.04. The third-order valence-corrected chi connectivity index (χ3v) is 2.69. The molecule has 122 valence electrons. The van der Waals surface area contributed by atoms with Gasteiger partial charge in [-0.25, -0.2) is 9.59 Å². The Balaban J connectivity index is 2.54. The number of benzene rings is 1. The average molecular weight is 306 g/mol. The van der Waals surface area contributed by atoms with E-state index in [0.717, 1.165) is 5.56 Å². The van der Waals surface area contributed by atoms with Crippen molar-refractivity contribution < 1.29 is 19.1 Å². The lowest BCUT2D eigenvalue weighted by Crippen LogP contribution is -2.44. The molecule has 0 bridgehead atoms. The molecule has 1 amide bonds. The Kier molecular flexibility index (Phi) is 6.89. The lowest BCUT2D eigenvalue weighted by molar-refractivity contribution is -0.147. The van der Waals surface area contributed by atoms with E-state index in [1.54, 1.807) is 20.8 Å². The van der Waals surface area contributed by atoms with E-state index in [2.05, 4.69) is 12.2 Å². The summed E-state index contributed by atoms with van der Waals surface area (Å²) in [4.78, 5) is 23.8. The number of hydrogen-bond acceptors (Lipinski definition) is 4. The highest BCUT2D eigenvalue weighted by atomic mass is 16.6. The summed E-state index contributed by atoms with van der Waals surface area (Å²) in [6, 6.07) is 8.61. The van der Waals surface area contributed by atoms with Crippen LogP contribution < -0.4 is 5.32 Å². The van der Waals surface area contributed by atoms with Gasteiger partial charge < -0.3 is 21.7 Å². The maximum atomic E-state index is 12.1. The lowest BCUT2D eigenvalue weighted by atomic mass is 10.1. The fraction of sp³-hybridized carbons (Fsp3) is 0.471. The van der Waals surface area contributed by atoms with E-state index in [1.165, 1.54) is 0 Å². The van der Waals surface area contributed by atoms with Gasteiger partial charge in [-0.3, -0.25) is 0 Å². The van der Waals surface area contributed by atoms with Crippen molar-refractivity contribution in [3.05, 3.63) is 42.8 Å². The van der Waals surface area contributed by atoms with Crippen molar-refractivity contribution in [2.45, 2.75) is 51.9 Å². The minimum atomic E-state index is -0.754. The number of nitrogens with one attached hydrogen (secondary N) is 1. The molecule has 0 aromatic heterocycles. The molecule has 1 N–H and O–H groups in total. The van der Waals surface area contributed by atoms with Gasteiger partial charge in [0, 0.05) is 0 Å². The van der Waals surface area contributed by atoms with Gasteiger partial charge in [-0.2, -0.15) is 6.42 Å². The zero-order valence-electron chi connectivity index (χ0n) is 13.4. The molecule has 0 spiro atoms. The normalized spacial score (nSPS) is 12.4. The molecular formula is C17H24NO4-. The molecule has 0 radical (unpaired) electrons. The molecule has 0 aliphatic heterocycles. The number of carbonyl (C=O) groups is 2. The van der Waals surface area contributed by atoms with E-state index < -0.39 is 23.7 Å². The average Bonchev–Trinajstić information content (AvgIpc) is 2.43.